The summed E-state index contributed by atoms with van der Waals surface area (Å²) in [6.07, 6.45) is 0. The van der Waals surface area contributed by atoms with Gasteiger partial charge in [-0.25, -0.2) is 0 Å². The topological polar surface area (TPSA) is 26.0 Å². The van der Waals surface area contributed by atoms with Gasteiger partial charge in [-0.05, 0) is 23.4 Å². The van der Waals surface area contributed by atoms with E-state index >= 15 is 0 Å². The molecule has 0 spiro atoms. The third-order valence-electron chi connectivity index (χ3n) is 1.26. The number of nitrogens with two attached hydrogens (primary N) is 1. The maximum absolute atomic E-state index is 5.78. The molecule has 0 saturated carbocycles. The molecule has 1 heterocycles. The van der Waals surface area contributed by atoms with Crippen LogP contribution in [0.1, 0.15) is 11.1 Å². The van der Waals surface area contributed by atoms with Gasteiger partial charge in [0, 0.05) is 6.54 Å². The van der Waals surface area contributed by atoms with Gasteiger partial charge in [0.1, 0.15) is 0 Å². The summed E-state index contributed by atoms with van der Waals surface area (Å²) < 4.78 is 0.829. The van der Waals surface area contributed by atoms with Gasteiger partial charge >= 0.3 is 0 Å². The van der Waals surface area contributed by atoms with E-state index in [4.69, 9.17) is 17.3 Å². The lowest BCUT2D eigenvalue weighted by Gasteiger charge is -1.92. The van der Waals surface area contributed by atoms with E-state index in [-0.39, 0.29) is 0 Å². The molecule has 0 radical (unpaired) electrons. The van der Waals surface area contributed by atoms with Crippen molar-refractivity contribution in [1.29, 1.82) is 0 Å². The van der Waals surface area contributed by atoms with Gasteiger partial charge in [-0.1, -0.05) is 11.6 Å². The second-order valence-corrected chi connectivity index (χ2v) is 3.36. The molecule has 50 valence electrons. The number of aryl methyl sites for hydroxylation is 1. The standard InChI is InChI=1S/C6H8ClNS/c1-4-3-9-6(7)5(4)2-8/h3H,2,8H2,1H3. The smallest absolute Gasteiger partial charge is 0.0975 e. The number of rotatable bonds is 1. The molecule has 0 aliphatic rings. The van der Waals surface area contributed by atoms with Crippen LogP contribution in [0, 0.1) is 6.92 Å². The lowest BCUT2D eigenvalue weighted by atomic mass is 10.2. The number of hydrogen-bond donors (Lipinski definition) is 1. The summed E-state index contributed by atoms with van der Waals surface area (Å²) in [5.74, 6) is 0. The van der Waals surface area contributed by atoms with Gasteiger partial charge in [-0.2, -0.15) is 0 Å². The van der Waals surface area contributed by atoms with E-state index in [0.717, 1.165) is 9.90 Å². The molecule has 0 aliphatic heterocycles. The fourth-order valence-electron chi connectivity index (χ4n) is 0.679. The minimum atomic E-state index is 0.550. The number of hydrogen-bond acceptors (Lipinski definition) is 2. The van der Waals surface area contributed by atoms with Crippen LogP contribution in [0.2, 0.25) is 4.34 Å². The summed E-state index contributed by atoms with van der Waals surface area (Å²) in [4.78, 5) is 0. The van der Waals surface area contributed by atoms with Crippen LogP contribution in [0.4, 0.5) is 0 Å². The summed E-state index contributed by atoms with van der Waals surface area (Å²) in [6.45, 7) is 2.57. The van der Waals surface area contributed by atoms with Crippen LogP contribution < -0.4 is 5.73 Å². The second-order valence-electron chi connectivity index (χ2n) is 1.88. The zero-order chi connectivity index (χ0) is 6.85. The monoisotopic (exact) mass is 161 g/mol. The Bertz CT molecular complexity index is 187. The van der Waals surface area contributed by atoms with Crippen LogP contribution in [-0.4, -0.2) is 0 Å². The van der Waals surface area contributed by atoms with Crippen molar-refractivity contribution in [2.45, 2.75) is 13.5 Å². The van der Waals surface area contributed by atoms with Crippen LogP contribution >= 0.6 is 22.9 Å². The molecule has 2 N–H and O–H groups in total. The molecular formula is C6H8ClNS. The SMILES string of the molecule is Cc1csc(Cl)c1CN. The van der Waals surface area contributed by atoms with E-state index in [1.807, 2.05) is 12.3 Å². The lowest BCUT2D eigenvalue weighted by molar-refractivity contribution is 1.06. The summed E-state index contributed by atoms with van der Waals surface area (Å²) in [7, 11) is 0. The highest BCUT2D eigenvalue weighted by atomic mass is 35.5. The highest BCUT2D eigenvalue weighted by Gasteiger charge is 2.02. The van der Waals surface area contributed by atoms with E-state index in [2.05, 4.69) is 0 Å². The molecule has 0 aliphatic carbocycles. The summed E-state index contributed by atoms with van der Waals surface area (Å²) >= 11 is 7.32. The molecule has 0 unspecified atom stereocenters. The predicted molar refractivity (Wildman–Crippen MR) is 42.0 cm³/mol. The molecule has 1 nitrogen and oxygen atoms in total. The molecule has 3 heteroatoms. The summed E-state index contributed by atoms with van der Waals surface area (Å²) in [5, 5.41) is 2.02. The molecule has 1 aromatic rings. The molecule has 0 atom stereocenters. The molecule has 0 bridgehead atoms. The van der Waals surface area contributed by atoms with E-state index in [1.54, 1.807) is 11.3 Å². The minimum absolute atomic E-state index is 0.550. The fourth-order valence-corrected chi connectivity index (χ4v) is 1.85. The first-order chi connectivity index (χ1) is 4.25. The highest BCUT2D eigenvalue weighted by Crippen LogP contribution is 2.26. The maximum Gasteiger partial charge on any atom is 0.0975 e. The van der Waals surface area contributed by atoms with Crippen LogP contribution in [0.3, 0.4) is 0 Å². The average Bonchev–Trinajstić information content (AvgIpc) is 2.12. The maximum atomic E-state index is 5.78. The summed E-state index contributed by atoms with van der Waals surface area (Å²) in [5.41, 5.74) is 7.70. The second kappa shape index (κ2) is 2.69. The molecule has 1 aromatic heterocycles. The Hall–Kier alpha value is -0.0500. The number of halogens is 1. The van der Waals surface area contributed by atoms with Crippen molar-refractivity contribution in [3.8, 4) is 0 Å². The summed E-state index contributed by atoms with van der Waals surface area (Å²) in [6, 6.07) is 0. The first-order valence-corrected chi connectivity index (χ1v) is 3.94. The Morgan fingerprint density at radius 1 is 1.78 bits per heavy atom. The van der Waals surface area contributed by atoms with Gasteiger partial charge in [0.05, 0.1) is 4.34 Å². The first-order valence-electron chi connectivity index (χ1n) is 2.68. The van der Waals surface area contributed by atoms with Gasteiger partial charge in [-0.15, -0.1) is 11.3 Å². The fraction of sp³-hybridized carbons (Fsp3) is 0.333. The van der Waals surface area contributed by atoms with Crippen molar-refractivity contribution >= 4 is 22.9 Å². The average molecular weight is 162 g/mol. The van der Waals surface area contributed by atoms with Crippen LogP contribution in [0.25, 0.3) is 0 Å². The largest absolute Gasteiger partial charge is 0.326 e. The quantitative estimate of drug-likeness (QED) is 0.672. The number of thiophene rings is 1. The van der Waals surface area contributed by atoms with Gasteiger partial charge < -0.3 is 5.73 Å². The third kappa shape index (κ3) is 1.26. The van der Waals surface area contributed by atoms with E-state index in [9.17, 15) is 0 Å². The molecule has 0 saturated heterocycles. The molecule has 9 heavy (non-hydrogen) atoms. The van der Waals surface area contributed by atoms with E-state index < -0.39 is 0 Å². The van der Waals surface area contributed by atoms with Crippen molar-refractivity contribution in [3.05, 3.63) is 20.8 Å². The first kappa shape index (κ1) is 7.06. The van der Waals surface area contributed by atoms with Crippen LogP contribution in [0.15, 0.2) is 5.38 Å². The van der Waals surface area contributed by atoms with E-state index in [1.165, 1.54) is 5.56 Å². The predicted octanol–water partition coefficient (Wildman–Crippen LogP) is 2.17. The van der Waals surface area contributed by atoms with Crippen LogP contribution in [-0.2, 0) is 6.54 Å². The molecule has 0 aromatic carbocycles. The Balaban J connectivity index is 3.07. The Labute approximate surface area is 63.4 Å². The highest BCUT2D eigenvalue weighted by molar-refractivity contribution is 7.14. The van der Waals surface area contributed by atoms with Crippen molar-refractivity contribution in [2.24, 2.45) is 5.73 Å². The Morgan fingerprint density at radius 2 is 2.44 bits per heavy atom. The zero-order valence-electron chi connectivity index (χ0n) is 5.15. The lowest BCUT2D eigenvalue weighted by Crippen LogP contribution is -1.96. The van der Waals surface area contributed by atoms with Crippen molar-refractivity contribution in [1.82, 2.24) is 0 Å². The molecular weight excluding hydrogens is 154 g/mol. The third-order valence-corrected chi connectivity index (χ3v) is 2.68. The Morgan fingerprint density at radius 3 is 2.67 bits per heavy atom. The van der Waals surface area contributed by atoms with Gasteiger partial charge in [-0.3, -0.25) is 0 Å². The van der Waals surface area contributed by atoms with Gasteiger partial charge in [0.2, 0.25) is 0 Å². The molecule has 0 amide bonds. The molecule has 1 rings (SSSR count). The van der Waals surface area contributed by atoms with E-state index in [0.29, 0.717) is 6.54 Å². The van der Waals surface area contributed by atoms with Crippen molar-refractivity contribution in [3.63, 3.8) is 0 Å². The molecule has 0 fully saturated rings. The van der Waals surface area contributed by atoms with Crippen molar-refractivity contribution in [2.75, 3.05) is 0 Å². The van der Waals surface area contributed by atoms with Crippen molar-refractivity contribution < 1.29 is 0 Å². The minimum Gasteiger partial charge on any atom is -0.326 e. The van der Waals surface area contributed by atoms with Crippen LogP contribution in [0.5, 0.6) is 0 Å². The van der Waals surface area contributed by atoms with Gasteiger partial charge in [0.25, 0.3) is 0 Å². The Kier molecular flexibility index (Phi) is 2.11. The van der Waals surface area contributed by atoms with Gasteiger partial charge in [0.15, 0.2) is 0 Å². The zero-order valence-corrected chi connectivity index (χ0v) is 6.72. The normalized spacial score (nSPS) is 10.1.